The van der Waals surface area contributed by atoms with Gasteiger partial charge in [0.05, 0.1) is 6.54 Å². The number of nitrogens with one attached hydrogen (secondary N) is 1. The minimum absolute atomic E-state index is 0.0238. The van der Waals surface area contributed by atoms with E-state index in [0.29, 0.717) is 6.54 Å². The van der Waals surface area contributed by atoms with Crippen LogP contribution in [0.25, 0.3) is 0 Å². The third kappa shape index (κ3) is 5.01. The van der Waals surface area contributed by atoms with Crippen LogP contribution in [0.3, 0.4) is 0 Å². The number of benzene rings is 2. The number of rotatable bonds is 7. The SMILES string of the molecule is O=C(Nc1nn(Cc2ccccc2)cc1Cl)c1ccc(COc2c(F)c(F)cc(F)c2F)o1. The monoisotopic (exact) mass is 479 g/mol. The van der Waals surface area contributed by atoms with Gasteiger partial charge in [-0.15, -0.1) is 0 Å². The molecule has 1 amide bonds. The first kappa shape index (κ1) is 22.4. The highest BCUT2D eigenvalue weighted by Crippen LogP contribution is 2.27. The average Bonchev–Trinajstić information content (AvgIpc) is 3.40. The number of anilines is 1. The van der Waals surface area contributed by atoms with Crippen molar-refractivity contribution in [3.63, 3.8) is 0 Å². The maximum atomic E-state index is 13.7. The zero-order valence-corrected chi connectivity index (χ0v) is 17.4. The predicted octanol–water partition coefficient (Wildman–Crippen LogP) is 5.57. The third-order valence-electron chi connectivity index (χ3n) is 4.45. The minimum Gasteiger partial charge on any atom is -0.479 e. The van der Waals surface area contributed by atoms with E-state index in [1.807, 2.05) is 30.3 Å². The molecule has 4 rings (SSSR count). The Hall–Kier alpha value is -3.79. The molecule has 0 saturated carbocycles. The summed E-state index contributed by atoms with van der Waals surface area (Å²) in [5.74, 6) is -8.59. The van der Waals surface area contributed by atoms with Gasteiger partial charge in [0.2, 0.25) is 11.6 Å². The van der Waals surface area contributed by atoms with E-state index in [2.05, 4.69) is 10.4 Å². The Morgan fingerprint density at radius 2 is 1.76 bits per heavy atom. The largest absolute Gasteiger partial charge is 0.479 e. The number of aromatic nitrogens is 2. The topological polar surface area (TPSA) is 69.3 Å². The van der Waals surface area contributed by atoms with Crippen LogP contribution in [-0.4, -0.2) is 15.7 Å². The van der Waals surface area contributed by atoms with Crippen molar-refractivity contribution in [3.8, 4) is 5.75 Å². The van der Waals surface area contributed by atoms with Gasteiger partial charge in [-0.1, -0.05) is 41.9 Å². The van der Waals surface area contributed by atoms with Crippen LogP contribution in [-0.2, 0) is 13.2 Å². The van der Waals surface area contributed by atoms with Crippen molar-refractivity contribution < 1.29 is 31.5 Å². The van der Waals surface area contributed by atoms with Crippen molar-refractivity contribution in [1.29, 1.82) is 0 Å². The molecule has 2 heterocycles. The molecule has 0 spiro atoms. The van der Waals surface area contributed by atoms with E-state index in [1.54, 1.807) is 10.9 Å². The molecule has 0 atom stereocenters. The molecule has 0 aliphatic heterocycles. The maximum Gasteiger partial charge on any atom is 0.292 e. The van der Waals surface area contributed by atoms with Crippen LogP contribution < -0.4 is 10.1 Å². The van der Waals surface area contributed by atoms with E-state index in [9.17, 15) is 22.4 Å². The van der Waals surface area contributed by atoms with Crippen molar-refractivity contribution in [2.45, 2.75) is 13.2 Å². The first-order valence-corrected chi connectivity index (χ1v) is 9.82. The highest BCUT2D eigenvalue weighted by molar-refractivity contribution is 6.33. The number of ether oxygens (including phenoxy) is 1. The van der Waals surface area contributed by atoms with Gasteiger partial charge in [0.25, 0.3) is 5.91 Å². The quantitative estimate of drug-likeness (QED) is 0.278. The molecule has 0 fully saturated rings. The number of furan rings is 1. The number of carbonyl (C=O) groups excluding carboxylic acids is 1. The van der Waals surface area contributed by atoms with Crippen molar-refractivity contribution in [1.82, 2.24) is 9.78 Å². The summed E-state index contributed by atoms with van der Waals surface area (Å²) in [5.41, 5.74) is 0.983. The Morgan fingerprint density at radius 3 is 2.45 bits per heavy atom. The highest BCUT2D eigenvalue weighted by Gasteiger charge is 2.22. The fourth-order valence-electron chi connectivity index (χ4n) is 2.90. The Morgan fingerprint density at radius 1 is 1.06 bits per heavy atom. The molecule has 2 aromatic carbocycles. The van der Waals surface area contributed by atoms with Crippen LogP contribution >= 0.6 is 11.6 Å². The van der Waals surface area contributed by atoms with Gasteiger partial charge in [-0.25, -0.2) is 8.78 Å². The van der Waals surface area contributed by atoms with Crippen molar-refractivity contribution >= 4 is 23.3 Å². The van der Waals surface area contributed by atoms with Gasteiger partial charge in [0.1, 0.15) is 17.4 Å². The average molecular weight is 480 g/mol. The van der Waals surface area contributed by atoms with Gasteiger partial charge in [-0.2, -0.15) is 13.9 Å². The van der Waals surface area contributed by atoms with Gasteiger partial charge < -0.3 is 14.5 Å². The predicted molar refractivity (Wildman–Crippen MR) is 110 cm³/mol. The fourth-order valence-corrected chi connectivity index (χ4v) is 3.10. The normalized spacial score (nSPS) is 10.9. The minimum atomic E-state index is -1.68. The Labute approximate surface area is 189 Å². The molecule has 0 aliphatic rings. The van der Waals surface area contributed by atoms with Gasteiger partial charge in [-0.3, -0.25) is 9.48 Å². The molecule has 6 nitrogen and oxygen atoms in total. The third-order valence-corrected chi connectivity index (χ3v) is 4.73. The van der Waals surface area contributed by atoms with Crippen molar-refractivity contribution in [2.75, 3.05) is 5.32 Å². The number of amides is 1. The smallest absolute Gasteiger partial charge is 0.292 e. The molecule has 0 bridgehead atoms. The first-order chi connectivity index (χ1) is 15.8. The maximum absolute atomic E-state index is 13.7. The van der Waals surface area contributed by atoms with Gasteiger partial charge in [-0.05, 0) is 17.7 Å². The summed E-state index contributed by atoms with van der Waals surface area (Å²) >= 11 is 6.14. The second-order valence-electron chi connectivity index (χ2n) is 6.81. The number of nitrogens with zero attached hydrogens (tertiary/aromatic N) is 2. The number of hydrogen-bond acceptors (Lipinski definition) is 4. The fraction of sp³-hybridized carbons (Fsp3) is 0.0909. The van der Waals surface area contributed by atoms with Crippen LogP contribution in [0.15, 0.2) is 59.1 Å². The number of halogens is 5. The lowest BCUT2D eigenvalue weighted by Crippen LogP contribution is -2.12. The molecular weight excluding hydrogens is 466 g/mol. The van der Waals surface area contributed by atoms with E-state index in [-0.39, 0.29) is 28.4 Å². The number of hydrogen-bond donors (Lipinski definition) is 1. The van der Waals surface area contributed by atoms with E-state index in [4.69, 9.17) is 20.8 Å². The Bertz CT molecular complexity index is 1280. The molecule has 0 unspecified atom stereocenters. The molecular formula is C22H14ClF4N3O3. The second-order valence-corrected chi connectivity index (χ2v) is 7.22. The molecule has 33 heavy (non-hydrogen) atoms. The lowest BCUT2D eigenvalue weighted by molar-refractivity contribution is 0.0991. The van der Waals surface area contributed by atoms with Gasteiger partial charge >= 0.3 is 0 Å². The second kappa shape index (κ2) is 9.37. The lowest BCUT2D eigenvalue weighted by Gasteiger charge is -2.08. The summed E-state index contributed by atoms with van der Waals surface area (Å²) in [5, 5.41) is 6.92. The standard InChI is InChI=1S/C22H14ClF4N3O3/c23-14-10-30(9-12-4-2-1-3-5-12)29-21(14)28-22(31)17-7-6-13(33-17)11-32-20-18(26)15(24)8-16(25)19(20)27/h1-8,10H,9,11H2,(H,28,29,31). The summed E-state index contributed by atoms with van der Waals surface area (Å²) < 4.78 is 65.5. The number of carbonyl (C=O) groups is 1. The van der Waals surface area contributed by atoms with Crippen LogP contribution in [0, 0.1) is 23.3 Å². The van der Waals surface area contributed by atoms with E-state index >= 15 is 0 Å². The summed E-state index contributed by atoms with van der Waals surface area (Å²) in [4.78, 5) is 12.4. The van der Waals surface area contributed by atoms with E-state index in [0.717, 1.165) is 5.56 Å². The molecule has 0 aliphatic carbocycles. The van der Waals surface area contributed by atoms with E-state index in [1.165, 1.54) is 12.1 Å². The molecule has 11 heteroatoms. The zero-order chi connectivity index (χ0) is 23.5. The highest BCUT2D eigenvalue weighted by atomic mass is 35.5. The first-order valence-electron chi connectivity index (χ1n) is 9.44. The summed E-state index contributed by atoms with van der Waals surface area (Å²) in [7, 11) is 0. The van der Waals surface area contributed by atoms with Crippen LogP contribution in [0.2, 0.25) is 5.02 Å². The summed E-state index contributed by atoms with van der Waals surface area (Å²) in [6.07, 6.45) is 1.55. The molecule has 0 saturated heterocycles. The Kier molecular flexibility index (Phi) is 6.36. The van der Waals surface area contributed by atoms with Gasteiger partial charge in [0, 0.05) is 12.3 Å². The van der Waals surface area contributed by atoms with Crippen LogP contribution in [0.4, 0.5) is 23.4 Å². The molecule has 1 N–H and O–H groups in total. The molecule has 170 valence electrons. The van der Waals surface area contributed by atoms with Crippen LogP contribution in [0.5, 0.6) is 5.75 Å². The molecule has 4 aromatic rings. The summed E-state index contributed by atoms with van der Waals surface area (Å²) in [6, 6.07) is 12.1. The summed E-state index contributed by atoms with van der Waals surface area (Å²) in [6.45, 7) is -0.150. The Balaban J connectivity index is 1.41. The van der Waals surface area contributed by atoms with E-state index < -0.39 is 41.5 Å². The lowest BCUT2D eigenvalue weighted by atomic mass is 10.2. The zero-order valence-electron chi connectivity index (χ0n) is 16.6. The molecule has 0 radical (unpaired) electrons. The van der Waals surface area contributed by atoms with Crippen LogP contribution in [0.1, 0.15) is 21.9 Å². The van der Waals surface area contributed by atoms with Crippen molar-refractivity contribution in [2.24, 2.45) is 0 Å². The van der Waals surface area contributed by atoms with Crippen molar-refractivity contribution in [3.05, 3.63) is 100 Å². The van der Waals surface area contributed by atoms with Gasteiger partial charge in [0.15, 0.2) is 29.0 Å². The molecule has 2 aromatic heterocycles.